The van der Waals surface area contributed by atoms with Gasteiger partial charge in [-0.05, 0) is 29.9 Å². The topological polar surface area (TPSA) is 0 Å². The van der Waals surface area contributed by atoms with Gasteiger partial charge in [-0.15, -0.1) is 0 Å². The molecular formula is C12H19B. The molecule has 0 atom stereocenters. The van der Waals surface area contributed by atoms with Crippen LogP contribution in [-0.4, -0.2) is 7.85 Å². The molecule has 70 valence electrons. The lowest BCUT2D eigenvalue weighted by Gasteiger charge is -2.26. The van der Waals surface area contributed by atoms with Crippen LogP contribution in [0.4, 0.5) is 0 Å². The Balaban J connectivity index is 3.20. The van der Waals surface area contributed by atoms with Crippen LogP contribution in [0.5, 0.6) is 0 Å². The van der Waals surface area contributed by atoms with Gasteiger partial charge < -0.3 is 0 Å². The quantitative estimate of drug-likeness (QED) is 0.601. The first-order valence-electron chi connectivity index (χ1n) is 5.05. The zero-order valence-electron chi connectivity index (χ0n) is 9.44. The van der Waals surface area contributed by atoms with Crippen molar-refractivity contribution < 1.29 is 0 Å². The van der Waals surface area contributed by atoms with Gasteiger partial charge in [0.05, 0.1) is 0 Å². The fourth-order valence-electron chi connectivity index (χ4n) is 1.66. The predicted octanol–water partition coefficient (Wildman–Crippen LogP) is 1.94. The maximum atomic E-state index is 2.32. The minimum atomic E-state index is 0.316. The largest absolute Gasteiger partial charge is 0.139 e. The standard InChI is InChI=1S/C12H19B/c1-5-12(3,4)11-8-10(13)7-6-9(11)2/h6-8H,5,13H2,1-4H3. The van der Waals surface area contributed by atoms with E-state index in [0.29, 0.717) is 5.41 Å². The first-order chi connectivity index (χ1) is 5.97. The van der Waals surface area contributed by atoms with Crippen LogP contribution in [0.15, 0.2) is 18.2 Å². The fourth-order valence-corrected chi connectivity index (χ4v) is 1.66. The summed E-state index contributed by atoms with van der Waals surface area (Å²) in [6, 6.07) is 6.73. The number of aryl methyl sites for hydroxylation is 1. The SMILES string of the molecule is Bc1ccc(C)c(C(C)(C)CC)c1. The van der Waals surface area contributed by atoms with Crippen molar-refractivity contribution in [3.63, 3.8) is 0 Å². The Kier molecular flexibility index (Phi) is 2.85. The Morgan fingerprint density at radius 3 is 2.46 bits per heavy atom. The maximum Gasteiger partial charge on any atom is 0.139 e. The minimum Gasteiger partial charge on any atom is -0.0887 e. The summed E-state index contributed by atoms with van der Waals surface area (Å²) >= 11 is 0. The van der Waals surface area contributed by atoms with Gasteiger partial charge in [-0.2, -0.15) is 0 Å². The summed E-state index contributed by atoms with van der Waals surface area (Å²) in [7, 11) is 2.16. The molecule has 0 saturated heterocycles. The summed E-state index contributed by atoms with van der Waals surface area (Å²) in [5.74, 6) is 0. The third kappa shape index (κ3) is 2.15. The van der Waals surface area contributed by atoms with Crippen molar-refractivity contribution in [3.05, 3.63) is 29.3 Å². The van der Waals surface area contributed by atoms with Crippen molar-refractivity contribution in [3.8, 4) is 0 Å². The molecule has 0 aliphatic rings. The molecule has 0 aromatic heterocycles. The molecule has 0 amide bonds. The first kappa shape index (κ1) is 10.4. The average Bonchev–Trinajstić information content (AvgIpc) is 2.09. The van der Waals surface area contributed by atoms with Crippen molar-refractivity contribution in [1.29, 1.82) is 0 Å². The summed E-state index contributed by atoms with van der Waals surface area (Å²) in [6.45, 7) is 9.08. The molecule has 0 bridgehead atoms. The third-order valence-electron chi connectivity index (χ3n) is 3.01. The van der Waals surface area contributed by atoms with Gasteiger partial charge >= 0.3 is 0 Å². The molecule has 0 heterocycles. The zero-order valence-corrected chi connectivity index (χ0v) is 9.44. The van der Waals surface area contributed by atoms with E-state index in [1.54, 1.807) is 0 Å². The molecule has 0 radical (unpaired) electrons. The monoisotopic (exact) mass is 174 g/mol. The Morgan fingerprint density at radius 2 is 1.92 bits per heavy atom. The van der Waals surface area contributed by atoms with Gasteiger partial charge in [-0.1, -0.05) is 44.4 Å². The summed E-state index contributed by atoms with van der Waals surface area (Å²) < 4.78 is 0. The Bertz CT molecular complexity index is 300. The predicted molar refractivity (Wildman–Crippen MR) is 62.7 cm³/mol. The summed E-state index contributed by atoms with van der Waals surface area (Å²) in [5, 5.41) is 0. The van der Waals surface area contributed by atoms with Gasteiger partial charge in [0.25, 0.3) is 0 Å². The van der Waals surface area contributed by atoms with Crippen molar-refractivity contribution in [2.75, 3.05) is 0 Å². The molecule has 0 aliphatic heterocycles. The second-order valence-corrected chi connectivity index (χ2v) is 4.56. The lowest BCUT2D eigenvalue weighted by Crippen LogP contribution is -2.19. The normalized spacial score (nSPS) is 11.7. The Labute approximate surface area is 82.8 Å². The number of rotatable bonds is 2. The van der Waals surface area contributed by atoms with Crippen molar-refractivity contribution in [2.24, 2.45) is 0 Å². The van der Waals surface area contributed by atoms with Gasteiger partial charge in [0, 0.05) is 0 Å². The van der Waals surface area contributed by atoms with Crippen molar-refractivity contribution >= 4 is 13.3 Å². The van der Waals surface area contributed by atoms with Gasteiger partial charge in [0.2, 0.25) is 0 Å². The molecule has 1 heteroatoms. The van der Waals surface area contributed by atoms with Crippen LogP contribution < -0.4 is 5.46 Å². The van der Waals surface area contributed by atoms with E-state index in [1.165, 1.54) is 23.0 Å². The van der Waals surface area contributed by atoms with Gasteiger partial charge in [-0.3, -0.25) is 0 Å². The van der Waals surface area contributed by atoms with E-state index >= 15 is 0 Å². The molecule has 0 spiro atoms. The zero-order chi connectivity index (χ0) is 10.1. The van der Waals surface area contributed by atoms with Crippen LogP contribution in [-0.2, 0) is 5.41 Å². The molecule has 13 heavy (non-hydrogen) atoms. The molecule has 1 rings (SSSR count). The summed E-state index contributed by atoms with van der Waals surface area (Å²) in [4.78, 5) is 0. The maximum absolute atomic E-state index is 2.32. The molecule has 0 nitrogen and oxygen atoms in total. The Morgan fingerprint density at radius 1 is 1.31 bits per heavy atom. The molecule has 0 fully saturated rings. The van der Waals surface area contributed by atoms with E-state index in [-0.39, 0.29) is 0 Å². The van der Waals surface area contributed by atoms with Crippen molar-refractivity contribution in [2.45, 2.75) is 39.5 Å². The molecule has 0 N–H and O–H groups in total. The summed E-state index contributed by atoms with van der Waals surface area (Å²) in [5.41, 5.74) is 4.59. The summed E-state index contributed by atoms with van der Waals surface area (Å²) in [6.07, 6.45) is 1.19. The van der Waals surface area contributed by atoms with Crippen molar-refractivity contribution in [1.82, 2.24) is 0 Å². The van der Waals surface area contributed by atoms with Crippen LogP contribution in [0.25, 0.3) is 0 Å². The highest BCUT2D eigenvalue weighted by atomic mass is 14.2. The minimum absolute atomic E-state index is 0.316. The first-order valence-corrected chi connectivity index (χ1v) is 5.05. The highest BCUT2D eigenvalue weighted by molar-refractivity contribution is 6.32. The van der Waals surface area contributed by atoms with Crippen LogP contribution in [0, 0.1) is 6.92 Å². The third-order valence-corrected chi connectivity index (χ3v) is 3.01. The molecule has 0 unspecified atom stereocenters. The van der Waals surface area contributed by atoms with E-state index in [1.807, 2.05) is 0 Å². The van der Waals surface area contributed by atoms with E-state index in [2.05, 4.69) is 53.7 Å². The lowest BCUT2D eigenvalue weighted by atomic mass is 9.77. The molecule has 1 aromatic carbocycles. The average molecular weight is 174 g/mol. The van der Waals surface area contributed by atoms with Gasteiger partial charge in [0.15, 0.2) is 0 Å². The van der Waals surface area contributed by atoms with Gasteiger partial charge in [-0.25, -0.2) is 0 Å². The highest BCUT2D eigenvalue weighted by Gasteiger charge is 2.19. The molecular weight excluding hydrogens is 155 g/mol. The number of hydrogen-bond acceptors (Lipinski definition) is 0. The fraction of sp³-hybridized carbons (Fsp3) is 0.500. The number of hydrogen-bond donors (Lipinski definition) is 0. The highest BCUT2D eigenvalue weighted by Crippen LogP contribution is 2.28. The Hall–Kier alpha value is -0.715. The second-order valence-electron chi connectivity index (χ2n) is 4.56. The van der Waals surface area contributed by atoms with E-state index in [0.717, 1.165) is 0 Å². The van der Waals surface area contributed by atoms with Crippen LogP contribution in [0.3, 0.4) is 0 Å². The van der Waals surface area contributed by atoms with E-state index in [4.69, 9.17) is 0 Å². The van der Waals surface area contributed by atoms with Crippen LogP contribution in [0.1, 0.15) is 38.3 Å². The molecule has 0 saturated carbocycles. The lowest BCUT2D eigenvalue weighted by molar-refractivity contribution is 0.504. The van der Waals surface area contributed by atoms with E-state index in [9.17, 15) is 0 Å². The second kappa shape index (κ2) is 3.57. The molecule has 0 aliphatic carbocycles. The number of benzene rings is 1. The smallest absolute Gasteiger partial charge is 0.0887 e. The van der Waals surface area contributed by atoms with Crippen LogP contribution in [0.2, 0.25) is 0 Å². The van der Waals surface area contributed by atoms with Crippen LogP contribution >= 0.6 is 0 Å². The molecule has 1 aromatic rings. The van der Waals surface area contributed by atoms with E-state index < -0.39 is 0 Å². The van der Waals surface area contributed by atoms with Gasteiger partial charge in [0.1, 0.15) is 7.85 Å².